The van der Waals surface area contributed by atoms with Gasteiger partial charge < -0.3 is 9.16 Å². The molecular weight excluding hydrogens is 308 g/mol. The molecule has 0 N–H and O–H groups in total. The van der Waals surface area contributed by atoms with Crippen LogP contribution in [0.25, 0.3) is 0 Å². The van der Waals surface area contributed by atoms with E-state index in [0.717, 1.165) is 19.3 Å². The summed E-state index contributed by atoms with van der Waals surface area (Å²) in [4.78, 5) is 23.7. The highest BCUT2D eigenvalue weighted by Gasteiger charge is 2.47. The second-order valence-corrected chi connectivity index (χ2v) is 12.3. The fraction of sp³-hybridized carbons (Fsp3) is 0.778. The van der Waals surface area contributed by atoms with Crippen LogP contribution in [0.4, 0.5) is 0 Å². The molecule has 0 bridgehead atoms. The quantitative estimate of drug-likeness (QED) is 0.243. The second-order valence-electron chi connectivity index (χ2n) is 6.95. The van der Waals surface area contributed by atoms with E-state index in [1.165, 1.54) is 12.2 Å². The number of carbonyl (C=O) groups is 2. The lowest BCUT2D eigenvalue weighted by atomic mass is 10.3. The molecule has 0 radical (unpaired) electrons. The summed E-state index contributed by atoms with van der Waals surface area (Å²) >= 11 is 0. The van der Waals surface area contributed by atoms with E-state index in [1.807, 2.05) is 0 Å². The summed E-state index contributed by atoms with van der Waals surface area (Å²) in [5.41, 5.74) is 0.961. The van der Waals surface area contributed by atoms with Crippen molar-refractivity contribution in [1.82, 2.24) is 0 Å². The van der Waals surface area contributed by atoms with Gasteiger partial charge in [0.1, 0.15) is 0 Å². The molecule has 0 amide bonds. The normalized spacial score (nSPS) is 12.4. The maximum Gasteiger partial charge on any atom is 0.331 e. The Morgan fingerprint density at radius 1 is 0.870 bits per heavy atom. The van der Waals surface area contributed by atoms with Crippen molar-refractivity contribution in [3.8, 4) is 0 Å². The first-order valence-corrected chi connectivity index (χ1v) is 10.9. The van der Waals surface area contributed by atoms with Crippen LogP contribution < -0.4 is 0 Å². The van der Waals surface area contributed by atoms with Gasteiger partial charge in [-0.1, -0.05) is 61.3 Å². The molecule has 0 rings (SSSR count). The lowest BCUT2D eigenvalue weighted by molar-refractivity contribution is -0.138. The van der Waals surface area contributed by atoms with Crippen LogP contribution in [0.15, 0.2) is 12.2 Å². The van der Waals surface area contributed by atoms with E-state index in [0.29, 0.717) is 23.2 Å². The summed E-state index contributed by atoms with van der Waals surface area (Å²) in [6, 6.07) is 0. The molecule has 0 saturated heterocycles. The summed E-state index contributed by atoms with van der Waals surface area (Å²) in [5.74, 6) is -0.915. The fourth-order valence-electron chi connectivity index (χ4n) is 3.27. The zero-order chi connectivity index (χ0) is 18.0. The first-order valence-electron chi connectivity index (χ1n) is 8.76. The molecule has 23 heavy (non-hydrogen) atoms. The van der Waals surface area contributed by atoms with Crippen molar-refractivity contribution in [2.45, 2.75) is 84.4 Å². The molecule has 0 saturated carbocycles. The number of hydrogen-bond donors (Lipinski definition) is 0. The summed E-state index contributed by atoms with van der Waals surface area (Å²) < 4.78 is 11.0. The monoisotopic (exact) mass is 342 g/mol. The van der Waals surface area contributed by atoms with Crippen LogP contribution in [-0.4, -0.2) is 26.9 Å². The molecule has 134 valence electrons. The van der Waals surface area contributed by atoms with Crippen LogP contribution in [-0.2, 0) is 18.8 Å². The maximum atomic E-state index is 12.2. The molecule has 4 nitrogen and oxygen atoms in total. The minimum absolute atomic E-state index is 0.320. The van der Waals surface area contributed by atoms with Crippen molar-refractivity contribution in [2.75, 3.05) is 6.61 Å². The average molecular weight is 343 g/mol. The Balaban J connectivity index is 4.71. The Morgan fingerprint density at radius 2 is 1.35 bits per heavy atom. The van der Waals surface area contributed by atoms with Gasteiger partial charge in [0.25, 0.3) is 8.32 Å². The summed E-state index contributed by atoms with van der Waals surface area (Å²) in [6.45, 7) is 15.2. The molecule has 0 aliphatic carbocycles. The van der Waals surface area contributed by atoms with E-state index in [-0.39, 0.29) is 0 Å². The minimum Gasteiger partial charge on any atom is -0.515 e. The van der Waals surface area contributed by atoms with Crippen LogP contribution in [0.3, 0.4) is 0 Å². The number of carbonyl (C=O) groups excluding carboxylic acids is 2. The predicted octanol–water partition coefficient (Wildman–Crippen LogP) is 4.99. The lowest BCUT2D eigenvalue weighted by Crippen LogP contribution is -2.49. The van der Waals surface area contributed by atoms with Crippen molar-refractivity contribution < 1.29 is 18.8 Å². The van der Waals surface area contributed by atoms with Gasteiger partial charge in [0.2, 0.25) is 0 Å². The van der Waals surface area contributed by atoms with E-state index in [1.54, 1.807) is 0 Å². The Morgan fingerprint density at radius 3 is 1.78 bits per heavy atom. The number of esters is 1. The third-order valence-corrected chi connectivity index (χ3v) is 10.3. The van der Waals surface area contributed by atoms with E-state index < -0.39 is 20.3 Å². The SMILES string of the molecule is CCCCCOC(=O)/C=C\C(=O)O[Si](C(C)C)(C(C)C)C(C)C. The van der Waals surface area contributed by atoms with Gasteiger partial charge in [-0.3, -0.25) is 0 Å². The first-order chi connectivity index (χ1) is 10.7. The van der Waals surface area contributed by atoms with Crippen molar-refractivity contribution in [3.05, 3.63) is 12.2 Å². The molecule has 0 aromatic heterocycles. The number of rotatable bonds is 10. The molecule has 0 fully saturated rings. The number of ether oxygens (including phenoxy) is 1. The minimum atomic E-state index is -2.25. The summed E-state index contributed by atoms with van der Waals surface area (Å²) in [6.07, 6.45) is 5.34. The van der Waals surface area contributed by atoms with Crippen LogP contribution >= 0.6 is 0 Å². The van der Waals surface area contributed by atoms with Gasteiger partial charge in [0.15, 0.2) is 0 Å². The van der Waals surface area contributed by atoms with Crippen molar-refractivity contribution in [3.63, 3.8) is 0 Å². The van der Waals surface area contributed by atoms with Crippen molar-refractivity contribution in [2.24, 2.45) is 0 Å². The summed E-state index contributed by atoms with van der Waals surface area (Å²) in [7, 11) is -2.25. The Bertz CT molecular complexity index is 378. The molecule has 0 aromatic rings. The highest BCUT2D eigenvalue weighted by Crippen LogP contribution is 2.42. The van der Waals surface area contributed by atoms with Gasteiger partial charge in [-0.05, 0) is 23.0 Å². The largest absolute Gasteiger partial charge is 0.515 e. The second kappa shape index (κ2) is 10.6. The van der Waals surface area contributed by atoms with Crippen LogP contribution in [0, 0.1) is 0 Å². The highest BCUT2D eigenvalue weighted by molar-refractivity contribution is 6.79. The van der Waals surface area contributed by atoms with Crippen LogP contribution in [0.1, 0.15) is 67.7 Å². The van der Waals surface area contributed by atoms with E-state index >= 15 is 0 Å². The molecule has 0 spiro atoms. The molecule has 0 aromatic carbocycles. The van der Waals surface area contributed by atoms with Gasteiger partial charge in [-0.25, -0.2) is 9.59 Å². The number of hydrogen-bond acceptors (Lipinski definition) is 4. The highest BCUT2D eigenvalue weighted by atomic mass is 28.4. The zero-order valence-corrected chi connectivity index (χ0v) is 16.8. The topological polar surface area (TPSA) is 52.6 Å². The van der Waals surface area contributed by atoms with E-state index in [4.69, 9.17) is 9.16 Å². The van der Waals surface area contributed by atoms with Gasteiger partial charge in [0.05, 0.1) is 6.61 Å². The Kier molecular flexibility index (Phi) is 10.1. The molecule has 0 aliphatic heterocycles. The van der Waals surface area contributed by atoms with Gasteiger partial charge >= 0.3 is 11.9 Å². The molecule has 0 atom stereocenters. The van der Waals surface area contributed by atoms with Gasteiger partial charge in [-0.2, -0.15) is 0 Å². The van der Waals surface area contributed by atoms with Crippen molar-refractivity contribution in [1.29, 1.82) is 0 Å². The predicted molar refractivity (Wildman–Crippen MR) is 96.8 cm³/mol. The van der Waals surface area contributed by atoms with E-state index in [9.17, 15) is 9.59 Å². The molecular formula is C18H34O4Si. The van der Waals surface area contributed by atoms with Crippen LogP contribution in [0.2, 0.25) is 16.6 Å². The molecule has 0 heterocycles. The van der Waals surface area contributed by atoms with Crippen molar-refractivity contribution >= 4 is 20.3 Å². The Labute approximate surface area is 142 Å². The van der Waals surface area contributed by atoms with E-state index in [2.05, 4.69) is 48.5 Å². The fourth-order valence-corrected chi connectivity index (χ4v) is 8.39. The zero-order valence-electron chi connectivity index (χ0n) is 15.8. The van der Waals surface area contributed by atoms with Crippen LogP contribution in [0.5, 0.6) is 0 Å². The third-order valence-electron chi connectivity index (χ3n) is 4.33. The third kappa shape index (κ3) is 6.90. The van der Waals surface area contributed by atoms with Gasteiger partial charge in [0, 0.05) is 12.2 Å². The number of unbranched alkanes of at least 4 members (excludes halogenated alkanes) is 2. The summed E-state index contributed by atoms with van der Waals surface area (Å²) in [5, 5.41) is 0. The first kappa shape index (κ1) is 21.9. The standard InChI is InChI=1S/C18H34O4Si/c1-8-9-10-13-21-17(19)11-12-18(20)22-23(14(2)3,15(4)5)16(6)7/h11-12,14-16H,8-10,13H2,1-7H3/b12-11-. The lowest BCUT2D eigenvalue weighted by Gasteiger charge is -2.40. The molecule has 0 unspecified atom stereocenters. The molecule has 0 aliphatic rings. The molecule has 5 heteroatoms. The smallest absolute Gasteiger partial charge is 0.331 e. The Hall–Kier alpha value is -1.10. The maximum absolute atomic E-state index is 12.2. The average Bonchev–Trinajstić information content (AvgIpc) is 2.45. The van der Waals surface area contributed by atoms with Gasteiger partial charge in [-0.15, -0.1) is 0 Å².